The van der Waals surface area contributed by atoms with Crippen LogP contribution in [0, 0.1) is 6.92 Å². The number of hydrogen-bond donors (Lipinski definition) is 1. The number of aromatic nitrogens is 1. The fourth-order valence-corrected chi connectivity index (χ4v) is 8.08. The van der Waals surface area contributed by atoms with Crippen LogP contribution in [0.2, 0.25) is 0 Å². The first-order chi connectivity index (χ1) is 19.1. The number of carbonyl (C=O) groups is 3. The second kappa shape index (κ2) is 13.2. The van der Waals surface area contributed by atoms with E-state index in [1.54, 1.807) is 6.92 Å². The van der Waals surface area contributed by atoms with E-state index in [9.17, 15) is 22.8 Å². The van der Waals surface area contributed by atoms with E-state index >= 15 is 0 Å². The molecule has 0 bridgehead atoms. The van der Waals surface area contributed by atoms with E-state index < -0.39 is 39.1 Å². The number of hydrogen-bond acceptors (Lipinski definition) is 9. The van der Waals surface area contributed by atoms with E-state index in [1.807, 2.05) is 36.6 Å². The zero-order valence-corrected chi connectivity index (χ0v) is 25.2. The number of nitrogens with one attached hydrogen (secondary N) is 1. The molecule has 1 N–H and O–H groups in total. The van der Waals surface area contributed by atoms with Crippen molar-refractivity contribution in [1.82, 2.24) is 4.57 Å². The maximum absolute atomic E-state index is 12.8. The van der Waals surface area contributed by atoms with Crippen LogP contribution in [0.5, 0.6) is 0 Å². The summed E-state index contributed by atoms with van der Waals surface area (Å²) in [6.07, 6.45) is 3.40. The van der Waals surface area contributed by atoms with Crippen LogP contribution in [-0.2, 0) is 48.3 Å². The van der Waals surface area contributed by atoms with Crippen LogP contribution in [0.4, 0.5) is 5.00 Å². The van der Waals surface area contributed by atoms with Gasteiger partial charge in [0.05, 0.1) is 29.0 Å². The largest absolute Gasteiger partial charge is 0.462 e. The van der Waals surface area contributed by atoms with Crippen LogP contribution in [-0.4, -0.2) is 62.1 Å². The summed E-state index contributed by atoms with van der Waals surface area (Å²) in [7, 11) is -4.13. The van der Waals surface area contributed by atoms with Gasteiger partial charge in [-0.3, -0.25) is 9.59 Å². The maximum Gasteiger partial charge on any atom is 0.341 e. The molecule has 3 aromatic rings. The second-order valence-electron chi connectivity index (χ2n) is 9.43. The molecule has 0 aliphatic heterocycles. The van der Waals surface area contributed by atoms with Gasteiger partial charge in [-0.25, -0.2) is 13.2 Å². The Labute approximate surface area is 240 Å². The summed E-state index contributed by atoms with van der Waals surface area (Å²) in [4.78, 5) is 43.6. The Morgan fingerprint density at radius 3 is 2.60 bits per heavy atom. The predicted octanol–water partition coefficient (Wildman–Crippen LogP) is 3.65. The first-order valence-electron chi connectivity index (χ1n) is 13.2. The number of thiophene rings is 1. The molecule has 2 aromatic heterocycles. The first-order valence-corrected chi connectivity index (χ1v) is 16.6. The summed E-state index contributed by atoms with van der Waals surface area (Å²) in [5.41, 5.74) is 3.09. The molecule has 216 valence electrons. The highest BCUT2D eigenvalue weighted by atomic mass is 32.2. The molecule has 0 saturated carbocycles. The third kappa shape index (κ3) is 7.25. The van der Waals surface area contributed by atoms with Crippen LogP contribution in [0.15, 0.2) is 23.2 Å². The van der Waals surface area contributed by atoms with Gasteiger partial charge in [0.15, 0.2) is 14.6 Å². The van der Waals surface area contributed by atoms with Crippen molar-refractivity contribution in [3.8, 4) is 0 Å². The molecule has 40 heavy (non-hydrogen) atoms. The minimum Gasteiger partial charge on any atom is -0.462 e. The van der Waals surface area contributed by atoms with Crippen LogP contribution in [0.3, 0.4) is 0 Å². The molecule has 1 aliphatic rings. The van der Waals surface area contributed by atoms with E-state index in [4.69, 9.17) is 9.47 Å². The minimum atomic E-state index is -4.13. The highest BCUT2D eigenvalue weighted by molar-refractivity contribution is 7.92. The van der Waals surface area contributed by atoms with Crippen molar-refractivity contribution < 1.29 is 32.3 Å². The molecular formula is C27H33N3O7S3. The fourth-order valence-electron chi connectivity index (χ4n) is 4.60. The van der Waals surface area contributed by atoms with Gasteiger partial charge in [0.25, 0.3) is 5.91 Å². The van der Waals surface area contributed by atoms with E-state index in [2.05, 4.69) is 10.3 Å². The number of rotatable bonds is 11. The van der Waals surface area contributed by atoms with Gasteiger partial charge in [-0.15, -0.1) is 11.3 Å². The van der Waals surface area contributed by atoms with Crippen LogP contribution >= 0.6 is 22.7 Å². The molecule has 2 amide bonds. The monoisotopic (exact) mass is 607 g/mol. The number of carbonyl (C=O) groups excluding carboxylic acids is 3. The fraction of sp³-hybridized carbons (Fsp3) is 0.481. The van der Waals surface area contributed by atoms with Gasteiger partial charge in [-0.1, -0.05) is 17.4 Å². The summed E-state index contributed by atoms with van der Waals surface area (Å²) in [6, 6.07) is 5.87. The number of anilines is 1. The van der Waals surface area contributed by atoms with Gasteiger partial charge in [0.1, 0.15) is 16.5 Å². The molecule has 1 aromatic carbocycles. The Kier molecular flexibility index (Phi) is 9.93. The maximum atomic E-state index is 12.8. The van der Waals surface area contributed by atoms with E-state index in [0.29, 0.717) is 36.5 Å². The van der Waals surface area contributed by atoms with E-state index in [1.165, 1.54) is 22.7 Å². The Morgan fingerprint density at radius 2 is 1.85 bits per heavy atom. The van der Waals surface area contributed by atoms with Crippen LogP contribution in [0.1, 0.15) is 53.1 Å². The number of amides is 2. The van der Waals surface area contributed by atoms with Gasteiger partial charge in [-0.2, -0.15) is 4.99 Å². The Bertz CT molecular complexity index is 1600. The average molecular weight is 608 g/mol. The molecule has 0 atom stereocenters. The first kappa shape index (κ1) is 30.1. The van der Waals surface area contributed by atoms with Gasteiger partial charge in [-0.05, 0) is 69.7 Å². The quantitative estimate of drug-likeness (QED) is 0.260. The lowest BCUT2D eigenvalue weighted by Gasteiger charge is -2.12. The lowest BCUT2D eigenvalue weighted by Crippen LogP contribution is -2.28. The SMILES string of the molecule is CCOCCn1c(=NC(=O)CS(=O)(=O)CC(=O)Nc2sc3c(c2C(=O)OCC)CCCC3)sc2cc(C)ccc21. The number of esters is 1. The molecule has 10 nitrogen and oxygen atoms in total. The lowest BCUT2D eigenvalue weighted by molar-refractivity contribution is -0.115. The zero-order valence-electron chi connectivity index (χ0n) is 22.8. The number of sulfone groups is 1. The van der Waals surface area contributed by atoms with Crippen molar-refractivity contribution in [1.29, 1.82) is 0 Å². The number of benzene rings is 1. The number of thiazole rings is 1. The summed E-state index contributed by atoms with van der Waals surface area (Å²) in [5.74, 6) is -4.04. The second-order valence-corrected chi connectivity index (χ2v) is 13.6. The topological polar surface area (TPSA) is 133 Å². The average Bonchev–Trinajstić information content (AvgIpc) is 3.40. The summed E-state index contributed by atoms with van der Waals surface area (Å²) >= 11 is 2.56. The van der Waals surface area contributed by atoms with Gasteiger partial charge >= 0.3 is 5.97 Å². The van der Waals surface area contributed by atoms with Crippen molar-refractivity contribution in [2.45, 2.75) is 53.0 Å². The molecule has 13 heteroatoms. The van der Waals surface area contributed by atoms with Gasteiger partial charge in [0, 0.05) is 18.0 Å². The minimum absolute atomic E-state index is 0.182. The van der Waals surface area contributed by atoms with Gasteiger partial charge < -0.3 is 19.4 Å². The summed E-state index contributed by atoms with van der Waals surface area (Å²) in [5, 5.41) is 2.88. The number of fused-ring (bicyclic) bond motifs is 2. The Balaban J connectivity index is 1.50. The van der Waals surface area contributed by atoms with E-state index in [0.717, 1.165) is 45.5 Å². The highest BCUT2D eigenvalue weighted by Gasteiger charge is 2.28. The normalized spacial score (nSPS) is 13.8. The molecule has 1 aliphatic carbocycles. The standard InChI is InChI=1S/C27H33N3O7S3/c1-4-36-13-12-30-19-11-10-17(3)14-21(19)39-27(30)29-23(32)16-40(34,35)15-22(31)28-25-24(26(33)37-5-2)18-8-6-7-9-20(18)38-25/h10-11,14H,4-9,12-13,15-16H2,1-3H3,(H,28,31). The summed E-state index contributed by atoms with van der Waals surface area (Å²) in [6.45, 7) is 7.14. The molecule has 0 unspecified atom stereocenters. The molecule has 0 saturated heterocycles. The van der Waals surface area contributed by atoms with Crippen LogP contribution < -0.4 is 10.1 Å². The molecule has 4 rings (SSSR count). The molecule has 0 radical (unpaired) electrons. The lowest BCUT2D eigenvalue weighted by atomic mass is 9.95. The van der Waals surface area contributed by atoms with Crippen molar-refractivity contribution in [2.24, 2.45) is 4.99 Å². The number of ether oxygens (including phenoxy) is 2. The smallest absolute Gasteiger partial charge is 0.341 e. The number of nitrogens with zero attached hydrogens (tertiary/aromatic N) is 2. The predicted molar refractivity (Wildman–Crippen MR) is 156 cm³/mol. The van der Waals surface area contributed by atoms with Gasteiger partial charge in [0.2, 0.25) is 5.91 Å². The highest BCUT2D eigenvalue weighted by Crippen LogP contribution is 2.38. The summed E-state index contributed by atoms with van der Waals surface area (Å²) < 4.78 is 39.0. The van der Waals surface area contributed by atoms with Crippen LogP contribution in [0.25, 0.3) is 10.2 Å². The molecule has 0 spiro atoms. The van der Waals surface area contributed by atoms with Crippen molar-refractivity contribution in [3.63, 3.8) is 0 Å². The van der Waals surface area contributed by atoms with Crippen molar-refractivity contribution in [2.75, 3.05) is 36.6 Å². The van der Waals surface area contributed by atoms with E-state index in [-0.39, 0.29) is 11.6 Å². The van der Waals surface area contributed by atoms with Crippen molar-refractivity contribution >= 4 is 65.5 Å². The third-order valence-corrected chi connectivity index (χ3v) is 9.96. The zero-order chi connectivity index (χ0) is 28.9. The molecule has 0 fully saturated rings. The number of aryl methyl sites for hydroxylation is 2. The third-order valence-electron chi connectivity index (χ3n) is 6.32. The van der Waals surface area contributed by atoms with Crippen molar-refractivity contribution in [3.05, 3.63) is 44.6 Å². The molecule has 2 heterocycles. The molecular weight excluding hydrogens is 575 g/mol. The Morgan fingerprint density at radius 1 is 1.07 bits per heavy atom. The Hall–Kier alpha value is -2.87.